The van der Waals surface area contributed by atoms with E-state index >= 15 is 0 Å². The molecule has 0 aliphatic carbocycles. The number of carbonyl (C=O) groups is 1. The molecule has 2 aromatic rings. The Labute approximate surface area is 143 Å². The van der Waals surface area contributed by atoms with Crippen LogP contribution in [0.3, 0.4) is 0 Å². The number of aryl methyl sites for hydroxylation is 1. The van der Waals surface area contributed by atoms with Crippen molar-refractivity contribution in [3.63, 3.8) is 0 Å². The molecule has 3 rings (SSSR count). The fourth-order valence-corrected chi connectivity index (χ4v) is 2.96. The van der Waals surface area contributed by atoms with Crippen molar-refractivity contribution in [3.05, 3.63) is 35.8 Å². The lowest BCUT2D eigenvalue weighted by atomic mass is 10.3. The van der Waals surface area contributed by atoms with Crippen molar-refractivity contribution in [3.8, 4) is 0 Å². The zero-order valence-corrected chi connectivity index (χ0v) is 14.7. The van der Waals surface area contributed by atoms with Gasteiger partial charge in [0.15, 0.2) is 0 Å². The number of imidazole rings is 1. The summed E-state index contributed by atoms with van der Waals surface area (Å²) in [4.78, 5) is 21.4. The predicted octanol–water partition coefficient (Wildman–Crippen LogP) is 1.83. The van der Waals surface area contributed by atoms with Gasteiger partial charge in [0.05, 0.1) is 12.7 Å². The molecule has 0 saturated carbocycles. The average Bonchev–Trinajstić information content (AvgIpc) is 2.97. The standard InChI is InChI=1S/C18H26N4O2/c1-14(2)24-11-10-20-6-8-21(9-7-20)18(23)16-13-22-12-15(3)4-5-17(22)19-16/h4-5,12-14H,6-11H2,1-3H3. The Morgan fingerprint density at radius 1 is 1.21 bits per heavy atom. The van der Waals surface area contributed by atoms with Gasteiger partial charge < -0.3 is 14.0 Å². The van der Waals surface area contributed by atoms with Crippen molar-refractivity contribution in [2.24, 2.45) is 0 Å². The monoisotopic (exact) mass is 330 g/mol. The summed E-state index contributed by atoms with van der Waals surface area (Å²) in [5.41, 5.74) is 2.49. The van der Waals surface area contributed by atoms with Crippen LogP contribution in [0.5, 0.6) is 0 Å². The van der Waals surface area contributed by atoms with Crippen LogP contribution in [-0.2, 0) is 4.74 Å². The van der Waals surface area contributed by atoms with Gasteiger partial charge in [-0.15, -0.1) is 0 Å². The van der Waals surface area contributed by atoms with Crippen molar-refractivity contribution in [1.82, 2.24) is 19.2 Å². The third-order valence-corrected chi connectivity index (χ3v) is 4.34. The molecule has 2 aromatic heterocycles. The van der Waals surface area contributed by atoms with Crippen LogP contribution in [0.2, 0.25) is 0 Å². The molecule has 0 N–H and O–H groups in total. The maximum absolute atomic E-state index is 12.7. The molecular formula is C18H26N4O2. The highest BCUT2D eigenvalue weighted by Gasteiger charge is 2.23. The van der Waals surface area contributed by atoms with Gasteiger partial charge in [-0.2, -0.15) is 0 Å². The number of nitrogens with zero attached hydrogens (tertiary/aromatic N) is 4. The SMILES string of the molecule is Cc1ccc2nc(C(=O)N3CCN(CCOC(C)C)CC3)cn2c1. The van der Waals surface area contributed by atoms with E-state index < -0.39 is 0 Å². The molecule has 1 amide bonds. The van der Waals surface area contributed by atoms with Crippen LogP contribution in [0.4, 0.5) is 0 Å². The van der Waals surface area contributed by atoms with Crippen LogP contribution in [0, 0.1) is 6.92 Å². The number of amides is 1. The van der Waals surface area contributed by atoms with Gasteiger partial charge in [-0.3, -0.25) is 9.69 Å². The van der Waals surface area contributed by atoms with Crippen molar-refractivity contribution in [2.45, 2.75) is 26.9 Å². The number of hydrogen-bond acceptors (Lipinski definition) is 4. The Morgan fingerprint density at radius 3 is 2.67 bits per heavy atom. The summed E-state index contributed by atoms with van der Waals surface area (Å²) >= 11 is 0. The summed E-state index contributed by atoms with van der Waals surface area (Å²) in [5, 5.41) is 0. The van der Waals surface area contributed by atoms with Gasteiger partial charge in [0.1, 0.15) is 11.3 Å². The number of piperazine rings is 1. The average molecular weight is 330 g/mol. The fourth-order valence-electron chi connectivity index (χ4n) is 2.96. The van der Waals surface area contributed by atoms with Crippen LogP contribution in [0.25, 0.3) is 5.65 Å². The number of carbonyl (C=O) groups excluding carboxylic acids is 1. The lowest BCUT2D eigenvalue weighted by molar-refractivity contribution is 0.0405. The first kappa shape index (κ1) is 16.9. The van der Waals surface area contributed by atoms with Crippen molar-refractivity contribution in [1.29, 1.82) is 0 Å². The molecule has 3 heterocycles. The maximum Gasteiger partial charge on any atom is 0.274 e. The molecule has 1 aliphatic heterocycles. The lowest BCUT2D eigenvalue weighted by Gasteiger charge is -2.34. The summed E-state index contributed by atoms with van der Waals surface area (Å²) in [5.74, 6) is 0.0226. The molecule has 6 nitrogen and oxygen atoms in total. The van der Waals surface area contributed by atoms with E-state index in [2.05, 4.69) is 9.88 Å². The Morgan fingerprint density at radius 2 is 1.96 bits per heavy atom. The molecule has 24 heavy (non-hydrogen) atoms. The molecular weight excluding hydrogens is 304 g/mol. The maximum atomic E-state index is 12.7. The van der Waals surface area contributed by atoms with E-state index in [1.807, 2.05) is 54.6 Å². The second-order valence-corrected chi connectivity index (χ2v) is 6.65. The number of ether oxygens (including phenoxy) is 1. The molecule has 6 heteroatoms. The molecule has 0 bridgehead atoms. The summed E-state index contributed by atoms with van der Waals surface area (Å²) in [6, 6.07) is 3.95. The first-order valence-electron chi connectivity index (χ1n) is 8.61. The van der Waals surface area contributed by atoms with Gasteiger partial charge in [0, 0.05) is 45.1 Å². The smallest absolute Gasteiger partial charge is 0.274 e. The van der Waals surface area contributed by atoms with E-state index in [1.54, 1.807) is 0 Å². The molecule has 0 atom stereocenters. The summed E-state index contributed by atoms with van der Waals surface area (Å²) in [6.07, 6.45) is 4.09. The van der Waals surface area contributed by atoms with Crippen LogP contribution in [0.1, 0.15) is 29.9 Å². The third-order valence-electron chi connectivity index (χ3n) is 4.34. The molecule has 130 valence electrons. The number of aromatic nitrogens is 2. The molecule has 1 fully saturated rings. The Bertz CT molecular complexity index is 702. The zero-order valence-electron chi connectivity index (χ0n) is 14.7. The highest BCUT2D eigenvalue weighted by Crippen LogP contribution is 2.11. The third kappa shape index (κ3) is 3.94. The van der Waals surface area contributed by atoms with Gasteiger partial charge in [-0.1, -0.05) is 6.07 Å². The minimum Gasteiger partial charge on any atom is -0.377 e. The number of hydrogen-bond donors (Lipinski definition) is 0. The van der Waals surface area contributed by atoms with Crippen molar-refractivity contribution in [2.75, 3.05) is 39.3 Å². The van der Waals surface area contributed by atoms with Crippen LogP contribution < -0.4 is 0 Å². The number of fused-ring (bicyclic) bond motifs is 1. The van der Waals surface area contributed by atoms with Crippen LogP contribution in [0.15, 0.2) is 24.5 Å². The second kappa shape index (κ2) is 7.32. The quantitative estimate of drug-likeness (QED) is 0.839. The van der Waals surface area contributed by atoms with E-state index in [1.165, 1.54) is 0 Å². The molecule has 0 spiro atoms. The molecule has 0 aromatic carbocycles. The largest absolute Gasteiger partial charge is 0.377 e. The highest BCUT2D eigenvalue weighted by molar-refractivity contribution is 5.93. The van der Waals surface area contributed by atoms with E-state index in [0.717, 1.165) is 50.5 Å². The van der Waals surface area contributed by atoms with E-state index in [4.69, 9.17) is 4.74 Å². The van der Waals surface area contributed by atoms with Crippen molar-refractivity contribution >= 4 is 11.6 Å². The van der Waals surface area contributed by atoms with Gasteiger partial charge in [-0.05, 0) is 32.4 Å². The van der Waals surface area contributed by atoms with Gasteiger partial charge >= 0.3 is 0 Å². The first-order chi connectivity index (χ1) is 11.5. The van der Waals surface area contributed by atoms with E-state index in [9.17, 15) is 4.79 Å². The minimum atomic E-state index is 0.0226. The molecule has 0 unspecified atom stereocenters. The van der Waals surface area contributed by atoms with Crippen LogP contribution in [-0.4, -0.2) is 70.5 Å². The summed E-state index contributed by atoms with van der Waals surface area (Å²) in [6.45, 7) is 11.1. The predicted molar refractivity (Wildman–Crippen MR) is 93.4 cm³/mol. The zero-order chi connectivity index (χ0) is 17.1. The second-order valence-electron chi connectivity index (χ2n) is 6.65. The highest BCUT2D eigenvalue weighted by atomic mass is 16.5. The Hall–Kier alpha value is -1.92. The fraction of sp³-hybridized carbons (Fsp3) is 0.556. The molecule has 1 saturated heterocycles. The summed E-state index contributed by atoms with van der Waals surface area (Å²) < 4.78 is 7.52. The normalized spacial score (nSPS) is 16.2. The topological polar surface area (TPSA) is 50.1 Å². The van der Waals surface area contributed by atoms with E-state index in [-0.39, 0.29) is 12.0 Å². The lowest BCUT2D eigenvalue weighted by Crippen LogP contribution is -2.49. The van der Waals surface area contributed by atoms with Gasteiger partial charge in [-0.25, -0.2) is 4.98 Å². The molecule has 0 radical (unpaired) electrons. The number of rotatable bonds is 5. The van der Waals surface area contributed by atoms with E-state index in [0.29, 0.717) is 5.69 Å². The Kier molecular flexibility index (Phi) is 5.16. The summed E-state index contributed by atoms with van der Waals surface area (Å²) in [7, 11) is 0. The Balaban J connectivity index is 1.56. The molecule has 1 aliphatic rings. The minimum absolute atomic E-state index is 0.0226. The van der Waals surface area contributed by atoms with Crippen LogP contribution >= 0.6 is 0 Å². The first-order valence-corrected chi connectivity index (χ1v) is 8.61. The number of pyridine rings is 1. The van der Waals surface area contributed by atoms with Gasteiger partial charge in [0.2, 0.25) is 0 Å². The van der Waals surface area contributed by atoms with Gasteiger partial charge in [0.25, 0.3) is 5.91 Å². The van der Waals surface area contributed by atoms with Crippen molar-refractivity contribution < 1.29 is 9.53 Å².